The van der Waals surface area contributed by atoms with E-state index >= 15 is 0 Å². The van der Waals surface area contributed by atoms with Crippen molar-refractivity contribution in [2.75, 3.05) is 34.0 Å². The molecule has 1 atom stereocenters. The number of rotatable bonds is 7. The van der Waals surface area contributed by atoms with Gasteiger partial charge < -0.3 is 19.3 Å². The van der Waals surface area contributed by atoms with Crippen LogP contribution in [0.2, 0.25) is 0 Å². The number of aliphatic hydroxyl groups excluding tert-OH is 1. The Bertz CT molecular complexity index is 107. The first-order chi connectivity index (χ1) is 5.68. The average molecular weight is 178 g/mol. The smallest absolute Gasteiger partial charge is 0.167 e. The molecule has 0 aliphatic rings. The van der Waals surface area contributed by atoms with Crippen LogP contribution in [-0.4, -0.2) is 44.9 Å². The van der Waals surface area contributed by atoms with Crippen LogP contribution in [0.3, 0.4) is 0 Å². The molecule has 12 heavy (non-hydrogen) atoms. The van der Waals surface area contributed by atoms with Crippen LogP contribution in [0.4, 0.5) is 0 Å². The molecule has 0 heterocycles. The predicted octanol–water partition coefficient (Wildman–Crippen LogP) is 0.394. The molecule has 0 spiro atoms. The van der Waals surface area contributed by atoms with Crippen LogP contribution in [0.25, 0.3) is 0 Å². The van der Waals surface area contributed by atoms with Crippen LogP contribution in [0, 0.1) is 0 Å². The Hall–Kier alpha value is -0.160. The molecule has 0 radical (unpaired) electrons. The van der Waals surface area contributed by atoms with Crippen LogP contribution in [0.5, 0.6) is 0 Å². The molecule has 0 amide bonds. The van der Waals surface area contributed by atoms with Gasteiger partial charge in [-0.25, -0.2) is 0 Å². The van der Waals surface area contributed by atoms with Crippen LogP contribution in [0.15, 0.2) is 0 Å². The van der Waals surface area contributed by atoms with E-state index in [-0.39, 0.29) is 6.61 Å². The van der Waals surface area contributed by atoms with E-state index in [0.29, 0.717) is 19.6 Å². The largest absolute Gasteiger partial charge is 0.396 e. The quantitative estimate of drug-likeness (QED) is 0.452. The van der Waals surface area contributed by atoms with Gasteiger partial charge >= 0.3 is 0 Å². The summed E-state index contributed by atoms with van der Waals surface area (Å²) in [7, 11) is 3.17. The fourth-order valence-corrected chi connectivity index (χ4v) is 0.777. The van der Waals surface area contributed by atoms with Gasteiger partial charge in [0.1, 0.15) is 0 Å². The molecule has 0 aromatic rings. The standard InChI is InChI=1S/C8H18O4/c1-8(11-3,4-5-9)12-7-6-10-2/h9H,4-7H2,1-3H3. The van der Waals surface area contributed by atoms with E-state index in [9.17, 15) is 0 Å². The molecular weight excluding hydrogens is 160 g/mol. The molecule has 0 aromatic carbocycles. The van der Waals surface area contributed by atoms with Crippen molar-refractivity contribution < 1.29 is 19.3 Å². The Labute approximate surface area is 73.4 Å². The maximum Gasteiger partial charge on any atom is 0.167 e. The first kappa shape index (κ1) is 11.8. The summed E-state index contributed by atoms with van der Waals surface area (Å²) in [5.74, 6) is -0.687. The lowest BCUT2D eigenvalue weighted by atomic mass is 10.2. The summed E-state index contributed by atoms with van der Waals surface area (Å²) in [6.07, 6.45) is 0.465. The van der Waals surface area contributed by atoms with Crippen molar-refractivity contribution in [2.24, 2.45) is 0 Å². The molecule has 1 N–H and O–H groups in total. The zero-order chi connectivity index (χ0) is 9.45. The summed E-state index contributed by atoms with van der Waals surface area (Å²) < 4.78 is 15.3. The van der Waals surface area contributed by atoms with Gasteiger partial charge in [0.05, 0.1) is 13.2 Å². The van der Waals surface area contributed by atoms with Gasteiger partial charge in [0, 0.05) is 27.2 Å². The molecule has 0 fully saturated rings. The van der Waals surface area contributed by atoms with Crippen LogP contribution in [-0.2, 0) is 14.2 Å². The zero-order valence-electron chi connectivity index (χ0n) is 8.00. The highest BCUT2D eigenvalue weighted by molar-refractivity contribution is 4.61. The number of hydrogen-bond acceptors (Lipinski definition) is 4. The van der Waals surface area contributed by atoms with Crippen molar-refractivity contribution in [3.8, 4) is 0 Å². The highest BCUT2D eigenvalue weighted by atomic mass is 16.7. The average Bonchev–Trinajstić information content (AvgIpc) is 2.06. The second-order valence-electron chi connectivity index (χ2n) is 2.65. The van der Waals surface area contributed by atoms with E-state index in [1.165, 1.54) is 0 Å². The van der Waals surface area contributed by atoms with Gasteiger partial charge in [-0.2, -0.15) is 0 Å². The third-order valence-electron chi connectivity index (χ3n) is 1.69. The third-order valence-corrected chi connectivity index (χ3v) is 1.69. The molecule has 4 heteroatoms. The van der Waals surface area contributed by atoms with Gasteiger partial charge in [-0.1, -0.05) is 0 Å². The Balaban J connectivity index is 3.63. The normalized spacial score (nSPS) is 16.0. The predicted molar refractivity (Wildman–Crippen MR) is 44.9 cm³/mol. The summed E-state index contributed by atoms with van der Waals surface area (Å²) in [5, 5.41) is 8.70. The lowest BCUT2D eigenvalue weighted by Gasteiger charge is -2.27. The number of hydrogen-bond donors (Lipinski definition) is 1. The minimum Gasteiger partial charge on any atom is -0.396 e. The maximum absolute atomic E-state index is 8.70. The van der Waals surface area contributed by atoms with Crippen LogP contribution >= 0.6 is 0 Å². The van der Waals surface area contributed by atoms with Gasteiger partial charge in [-0.05, 0) is 6.92 Å². The maximum atomic E-state index is 8.70. The van der Waals surface area contributed by atoms with Crippen molar-refractivity contribution in [1.82, 2.24) is 0 Å². The molecular formula is C8H18O4. The highest BCUT2D eigenvalue weighted by Gasteiger charge is 2.22. The molecule has 1 unspecified atom stereocenters. The molecule has 0 aliphatic heterocycles. The lowest BCUT2D eigenvalue weighted by molar-refractivity contribution is -0.221. The van der Waals surface area contributed by atoms with Crippen molar-refractivity contribution in [3.63, 3.8) is 0 Å². The van der Waals surface area contributed by atoms with Gasteiger partial charge in [0.15, 0.2) is 5.79 Å². The topological polar surface area (TPSA) is 47.9 Å². The van der Waals surface area contributed by atoms with E-state index in [4.69, 9.17) is 19.3 Å². The van der Waals surface area contributed by atoms with Crippen molar-refractivity contribution in [1.29, 1.82) is 0 Å². The SMILES string of the molecule is COCCOC(C)(CCO)OC. The number of methoxy groups -OCH3 is 2. The summed E-state index contributed by atoms with van der Waals surface area (Å²) in [6.45, 7) is 2.85. The fourth-order valence-electron chi connectivity index (χ4n) is 0.777. The fraction of sp³-hybridized carbons (Fsp3) is 1.00. The molecule has 0 aliphatic carbocycles. The Kier molecular flexibility index (Phi) is 6.28. The van der Waals surface area contributed by atoms with Gasteiger partial charge in [-0.3, -0.25) is 0 Å². The monoisotopic (exact) mass is 178 g/mol. The summed E-state index contributed by atoms with van der Waals surface area (Å²) >= 11 is 0. The lowest BCUT2D eigenvalue weighted by Crippen LogP contribution is -2.33. The second-order valence-corrected chi connectivity index (χ2v) is 2.65. The van der Waals surface area contributed by atoms with E-state index in [2.05, 4.69) is 0 Å². The number of aliphatic hydroxyl groups is 1. The minimum atomic E-state index is -0.687. The Morgan fingerprint density at radius 2 is 1.92 bits per heavy atom. The first-order valence-electron chi connectivity index (χ1n) is 3.97. The molecule has 0 aromatic heterocycles. The zero-order valence-corrected chi connectivity index (χ0v) is 8.00. The Morgan fingerprint density at radius 3 is 2.33 bits per heavy atom. The summed E-state index contributed by atoms with van der Waals surface area (Å²) in [4.78, 5) is 0. The molecule has 0 saturated carbocycles. The summed E-state index contributed by atoms with van der Waals surface area (Å²) in [6, 6.07) is 0. The van der Waals surface area contributed by atoms with Crippen LogP contribution < -0.4 is 0 Å². The molecule has 4 nitrogen and oxygen atoms in total. The van der Waals surface area contributed by atoms with E-state index in [0.717, 1.165) is 0 Å². The van der Waals surface area contributed by atoms with Crippen molar-refractivity contribution >= 4 is 0 Å². The van der Waals surface area contributed by atoms with E-state index in [1.54, 1.807) is 21.1 Å². The van der Waals surface area contributed by atoms with E-state index in [1.807, 2.05) is 0 Å². The highest BCUT2D eigenvalue weighted by Crippen LogP contribution is 2.15. The van der Waals surface area contributed by atoms with Crippen LogP contribution in [0.1, 0.15) is 13.3 Å². The van der Waals surface area contributed by atoms with Crippen molar-refractivity contribution in [2.45, 2.75) is 19.1 Å². The minimum absolute atomic E-state index is 0.0529. The van der Waals surface area contributed by atoms with Gasteiger partial charge in [0.2, 0.25) is 0 Å². The third kappa shape index (κ3) is 4.66. The molecule has 0 rings (SSSR count). The Morgan fingerprint density at radius 1 is 1.25 bits per heavy atom. The van der Waals surface area contributed by atoms with Gasteiger partial charge in [0.25, 0.3) is 0 Å². The number of ether oxygens (including phenoxy) is 3. The molecule has 0 saturated heterocycles. The second kappa shape index (κ2) is 6.37. The van der Waals surface area contributed by atoms with Gasteiger partial charge in [-0.15, -0.1) is 0 Å². The van der Waals surface area contributed by atoms with Crippen molar-refractivity contribution in [3.05, 3.63) is 0 Å². The first-order valence-corrected chi connectivity index (χ1v) is 3.97. The van der Waals surface area contributed by atoms with E-state index < -0.39 is 5.79 Å². The summed E-state index contributed by atoms with van der Waals surface area (Å²) in [5.41, 5.74) is 0. The molecule has 0 bridgehead atoms. The molecule has 74 valence electrons.